The highest BCUT2D eigenvalue weighted by molar-refractivity contribution is 5.98. The van der Waals surface area contributed by atoms with Gasteiger partial charge in [0.2, 0.25) is 11.8 Å². The van der Waals surface area contributed by atoms with E-state index in [1.807, 2.05) is 12.1 Å². The molecule has 2 saturated heterocycles. The number of carbonyl (C=O) groups excluding carboxylic acids is 2. The van der Waals surface area contributed by atoms with Gasteiger partial charge in [0.25, 0.3) is 0 Å². The summed E-state index contributed by atoms with van der Waals surface area (Å²) in [7, 11) is 0. The highest BCUT2D eigenvalue weighted by atomic mass is 16.2. The van der Waals surface area contributed by atoms with Gasteiger partial charge in [-0.3, -0.25) is 14.6 Å². The Kier molecular flexibility index (Phi) is 2.54. The molecular weight excluding hydrogens is 230 g/mol. The van der Waals surface area contributed by atoms with E-state index in [0.717, 1.165) is 5.69 Å². The van der Waals surface area contributed by atoms with Gasteiger partial charge >= 0.3 is 0 Å². The van der Waals surface area contributed by atoms with Crippen LogP contribution in [0.4, 0.5) is 5.69 Å². The summed E-state index contributed by atoms with van der Waals surface area (Å²) >= 11 is 0. The Morgan fingerprint density at radius 2 is 2.22 bits per heavy atom. The Morgan fingerprint density at radius 3 is 2.83 bits per heavy atom. The molecule has 0 spiro atoms. The number of anilines is 1. The molecule has 2 aliphatic heterocycles. The number of aromatic nitrogens is 1. The van der Waals surface area contributed by atoms with Crippen LogP contribution in [0.1, 0.15) is 6.92 Å². The predicted octanol–water partition coefficient (Wildman–Crippen LogP) is 0.523. The van der Waals surface area contributed by atoms with Gasteiger partial charge in [-0.2, -0.15) is 0 Å². The Labute approximate surface area is 105 Å². The van der Waals surface area contributed by atoms with Gasteiger partial charge in [-0.15, -0.1) is 0 Å². The van der Waals surface area contributed by atoms with Crippen molar-refractivity contribution in [2.24, 2.45) is 11.8 Å². The van der Waals surface area contributed by atoms with Crippen molar-refractivity contribution >= 4 is 17.5 Å². The second kappa shape index (κ2) is 4.08. The predicted molar refractivity (Wildman–Crippen MR) is 65.8 cm³/mol. The zero-order chi connectivity index (χ0) is 12.7. The van der Waals surface area contributed by atoms with E-state index in [9.17, 15) is 9.59 Å². The van der Waals surface area contributed by atoms with Gasteiger partial charge in [0.1, 0.15) is 0 Å². The Hall–Kier alpha value is -1.91. The van der Waals surface area contributed by atoms with E-state index in [1.165, 1.54) is 0 Å². The van der Waals surface area contributed by atoms with Crippen LogP contribution in [0.5, 0.6) is 0 Å². The smallest absolute Gasteiger partial charge is 0.232 e. The molecule has 3 rings (SSSR count). The van der Waals surface area contributed by atoms with E-state index in [1.54, 1.807) is 29.1 Å². The van der Waals surface area contributed by atoms with E-state index in [4.69, 9.17) is 0 Å². The Balaban J connectivity index is 1.79. The van der Waals surface area contributed by atoms with Gasteiger partial charge in [-0.05, 0) is 12.1 Å². The molecule has 18 heavy (non-hydrogen) atoms. The van der Waals surface area contributed by atoms with E-state index < -0.39 is 0 Å². The number of hydrogen-bond donors (Lipinski definition) is 0. The van der Waals surface area contributed by atoms with Crippen molar-refractivity contribution in [3.05, 3.63) is 24.5 Å². The number of amides is 2. The standard InChI is InChI=1S/C13H15N3O2/c1-9(17)15-6-10-7-16(13(18)12(10)8-15)11-3-2-4-14-5-11/h2-5,10,12H,6-8H2,1H3/t10-,12-/m0/s1. The zero-order valence-electron chi connectivity index (χ0n) is 10.2. The zero-order valence-corrected chi connectivity index (χ0v) is 10.2. The lowest BCUT2D eigenvalue weighted by Crippen LogP contribution is -2.34. The van der Waals surface area contributed by atoms with E-state index in [0.29, 0.717) is 19.6 Å². The molecule has 0 unspecified atom stereocenters. The first-order valence-electron chi connectivity index (χ1n) is 6.13. The highest BCUT2D eigenvalue weighted by Gasteiger charge is 2.47. The third-order valence-corrected chi connectivity index (χ3v) is 3.84. The topological polar surface area (TPSA) is 53.5 Å². The van der Waals surface area contributed by atoms with Crippen LogP contribution >= 0.6 is 0 Å². The van der Waals surface area contributed by atoms with Gasteiger partial charge in [0, 0.05) is 38.7 Å². The van der Waals surface area contributed by atoms with Gasteiger partial charge in [0.15, 0.2) is 0 Å². The fraction of sp³-hybridized carbons (Fsp3) is 0.462. The number of likely N-dealkylation sites (tertiary alicyclic amines) is 1. The average molecular weight is 245 g/mol. The summed E-state index contributed by atoms with van der Waals surface area (Å²) in [6.07, 6.45) is 3.41. The fourth-order valence-electron chi connectivity index (χ4n) is 2.86. The summed E-state index contributed by atoms with van der Waals surface area (Å²) < 4.78 is 0. The van der Waals surface area contributed by atoms with Crippen LogP contribution in [-0.4, -0.2) is 41.3 Å². The van der Waals surface area contributed by atoms with Crippen molar-refractivity contribution in [2.45, 2.75) is 6.92 Å². The highest BCUT2D eigenvalue weighted by Crippen LogP contribution is 2.34. The molecule has 1 aromatic heterocycles. The van der Waals surface area contributed by atoms with Crippen molar-refractivity contribution in [1.29, 1.82) is 0 Å². The third-order valence-electron chi connectivity index (χ3n) is 3.84. The largest absolute Gasteiger partial charge is 0.342 e. The molecule has 5 nitrogen and oxygen atoms in total. The van der Waals surface area contributed by atoms with Crippen LogP contribution in [0.3, 0.4) is 0 Å². The summed E-state index contributed by atoms with van der Waals surface area (Å²) in [6, 6.07) is 3.73. The molecular formula is C13H15N3O2. The molecule has 2 amide bonds. The molecule has 1 aromatic rings. The minimum Gasteiger partial charge on any atom is -0.342 e. The average Bonchev–Trinajstić information content (AvgIpc) is 2.91. The summed E-state index contributed by atoms with van der Waals surface area (Å²) in [5.74, 6) is 0.414. The van der Waals surface area contributed by atoms with Crippen LogP contribution in [0.25, 0.3) is 0 Å². The third kappa shape index (κ3) is 1.66. The minimum atomic E-state index is -0.0332. The SMILES string of the molecule is CC(=O)N1C[C@H]2CN(c3cccnc3)C(=O)[C@H]2C1. The first-order valence-corrected chi connectivity index (χ1v) is 6.13. The number of rotatable bonds is 1. The maximum absolute atomic E-state index is 12.3. The maximum atomic E-state index is 12.3. The minimum absolute atomic E-state index is 0.0332. The monoisotopic (exact) mass is 245 g/mol. The summed E-state index contributed by atoms with van der Waals surface area (Å²) in [5, 5.41) is 0. The van der Waals surface area contributed by atoms with Crippen molar-refractivity contribution in [3.8, 4) is 0 Å². The molecule has 5 heteroatoms. The Bertz CT molecular complexity index is 488. The first-order chi connectivity index (χ1) is 8.66. The number of hydrogen-bond acceptors (Lipinski definition) is 3. The van der Waals surface area contributed by atoms with E-state index in [2.05, 4.69) is 4.98 Å². The van der Waals surface area contributed by atoms with Crippen LogP contribution in [0.15, 0.2) is 24.5 Å². The van der Waals surface area contributed by atoms with Gasteiger partial charge in [0.05, 0.1) is 17.8 Å². The van der Waals surface area contributed by atoms with Crippen LogP contribution in [-0.2, 0) is 9.59 Å². The lowest BCUT2D eigenvalue weighted by molar-refractivity contribution is -0.128. The van der Waals surface area contributed by atoms with Gasteiger partial charge < -0.3 is 9.80 Å². The molecule has 0 bridgehead atoms. The van der Waals surface area contributed by atoms with Gasteiger partial charge in [-0.25, -0.2) is 0 Å². The quantitative estimate of drug-likeness (QED) is 0.725. The van der Waals surface area contributed by atoms with Crippen molar-refractivity contribution < 1.29 is 9.59 Å². The lowest BCUT2D eigenvalue weighted by Gasteiger charge is -2.20. The van der Waals surface area contributed by atoms with Crippen molar-refractivity contribution in [1.82, 2.24) is 9.88 Å². The van der Waals surface area contributed by atoms with Crippen LogP contribution < -0.4 is 4.90 Å². The second-order valence-electron chi connectivity index (χ2n) is 4.95. The van der Waals surface area contributed by atoms with E-state index >= 15 is 0 Å². The molecule has 0 saturated carbocycles. The molecule has 2 atom stereocenters. The van der Waals surface area contributed by atoms with Crippen molar-refractivity contribution in [2.75, 3.05) is 24.5 Å². The fourth-order valence-corrected chi connectivity index (χ4v) is 2.86. The Morgan fingerprint density at radius 1 is 1.39 bits per heavy atom. The number of fused-ring (bicyclic) bond motifs is 1. The molecule has 2 fully saturated rings. The molecule has 94 valence electrons. The van der Waals surface area contributed by atoms with E-state index in [-0.39, 0.29) is 23.7 Å². The maximum Gasteiger partial charge on any atom is 0.232 e. The molecule has 0 N–H and O–H groups in total. The summed E-state index contributed by atoms with van der Waals surface area (Å²) in [6.45, 7) is 3.52. The molecule has 0 aromatic carbocycles. The molecule has 3 heterocycles. The number of pyridine rings is 1. The molecule has 0 radical (unpaired) electrons. The first kappa shape index (κ1) is 11.2. The van der Waals surface area contributed by atoms with Crippen LogP contribution in [0, 0.1) is 11.8 Å². The lowest BCUT2D eigenvalue weighted by atomic mass is 10.0. The summed E-state index contributed by atoms with van der Waals surface area (Å²) in [5.41, 5.74) is 0.853. The number of nitrogens with zero attached hydrogens (tertiary/aromatic N) is 3. The van der Waals surface area contributed by atoms with Gasteiger partial charge in [-0.1, -0.05) is 0 Å². The summed E-state index contributed by atoms with van der Waals surface area (Å²) in [4.78, 5) is 31.2. The number of carbonyl (C=O) groups is 2. The second-order valence-corrected chi connectivity index (χ2v) is 4.95. The van der Waals surface area contributed by atoms with Crippen LogP contribution in [0.2, 0.25) is 0 Å². The van der Waals surface area contributed by atoms with Crippen molar-refractivity contribution in [3.63, 3.8) is 0 Å². The molecule has 0 aliphatic carbocycles. The molecule has 2 aliphatic rings. The normalized spacial score (nSPS) is 26.6.